The molecule has 1 atom stereocenters. The molecule has 4 rings (SSSR count). The van der Waals surface area contributed by atoms with E-state index in [0.717, 1.165) is 56.8 Å². The number of hydrogen-bond donors (Lipinski definition) is 1. The first-order valence-electron chi connectivity index (χ1n) is 9.70. The molecule has 0 aromatic carbocycles. The molecule has 1 amide bonds. The normalized spacial score (nSPS) is 20.6. The zero-order chi connectivity index (χ0) is 17.9. The Bertz CT molecular complexity index is 765. The van der Waals surface area contributed by atoms with E-state index in [0.29, 0.717) is 5.92 Å². The lowest BCUT2D eigenvalue weighted by Crippen LogP contribution is -2.40. The molecule has 2 saturated heterocycles. The Morgan fingerprint density at radius 1 is 1.27 bits per heavy atom. The van der Waals surface area contributed by atoms with Crippen molar-refractivity contribution in [2.24, 2.45) is 5.92 Å². The number of piperidine rings is 1. The number of anilines is 1. The number of pyridine rings is 1. The summed E-state index contributed by atoms with van der Waals surface area (Å²) in [6, 6.07) is 3.82. The molecule has 6 heteroatoms. The summed E-state index contributed by atoms with van der Waals surface area (Å²) in [7, 11) is 0. The Balaban J connectivity index is 1.44. The van der Waals surface area contributed by atoms with Gasteiger partial charge in [-0.3, -0.25) is 9.89 Å². The topological polar surface area (TPSA) is 65.1 Å². The zero-order valence-electron chi connectivity index (χ0n) is 15.4. The van der Waals surface area contributed by atoms with Crippen molar-refractivity contribution in [2.45, 2.75) is 39.0 Å². The summed E-state index contributed by atoms with van der Waals surface area (Å²) in [5.41, 5.74) is 3.17. The summed E-state index contributed by atoms with van der Waals surface area (Å²) in [6.07, 6.45) is 9.26. The quantitative estimate of drug-likeness (QED) is 0.918. The van der Waals surface area contributed by atoms with Crippen molar-refractivity contribution in [1.82, 2.24) is 20.1 Å². The second-order valence-corrected chi connectivity index (χ2v) is 7.59. The van der Waals surface area contributed by atoms with Gasteiger partial charge in [0.25, 0.3) is 5.91 Å². The van der Waals surface area contributed by atoms with Crippen molar-refractivity contribution in [3.8, 4) is 0 Å². The van der Waals surface area contributed by atoms with E-state index in [1.54, 1.807) is 6.20 Å². The van der Waals surface area contributed by atoms with Crippen molar-refractivity contribution in [3.05, 3.63) is 41.3 Å². The van der Waals surface area contributed by atoms with Crippen LogP contribution in [0, 0.1) is 12.8 Å². The van der Waals surface area contributed by atoms with Crippen molar-refractivity contribution in [3.63, 3.8) is 0 Å². The maximum absolute atomic E-state index is 13.0. The number of nitrogens with zero attached hydrogens (tertiary/aromatic N) is 4. The average Bonchev–Trinajstić information content (AvgIpc) is 3.34. The zero-order valence-corrected chi connectivity index (χ0v) is 15.4. The van der Waals surface area contributed by atoms with Crippen LogP contribution in [-0.2, 0) is 6.42 Å². The van der Waals surface area contributed by atoms with Gasteiger partial charge in [-0.1, -0.05) is 0 Å². The van der Waals surface area contributed by atoms with Gasteiger partial charge < -0.3 is 9.80 Å². The molecule has 1 unspecified atom stereocenters. The summed E-state index contributed by atoms with van der Waals surface area (Å²) >= 11 is 0. The third-order valence-corrected chi connectivity index (χ3v) is 5.66. The lowest BCUT2D eigenvalue weighted by atomic mass is 9.92. The fourth-order valence-corrected chi connectivity index (χ4v) is 4.14. The standard InChI is InChI=1S/C20H27N5O/c1-15-13-22-23-18(15)11-16-5-4-10-25(14-16)20(26)17-6-7-21-19(12-17)24-8-2-3-9-24/h6-7,12-13,16H,2-5,8-11,14H2,1H3,(H,22,23). The number of rotatable bonds is 4. The van der Waals surface area contributed by atoms with Crippen molar-refractivity contribution >= 4 is 11.7 Å². The van der Waals surface area contributed by atoms with E-state index in [2.05, 4.69) is 27.0 Å². The summed E-state index contributed by atoms with van der Waals surface area (Å²) < 4.78 is 0. The highest BCUT2D eigenvalue weighted by Crippen LogP contribution is 2.24. The van der Waals surface area contributed by atoms with Crippen LogP contribution in [0.5, 0.6) is 0 Å². The van der Waals surface area contributed by atoms with Crippen LogP contribution in [0.25, 0.3) is 0 Å². The van der Waals surface area contributed by atoms with Gasteiger partial charge in [-0.25, -0.2) is 4.98 Å². The van der Waals surface area contributed by atoms with Crippen LogP contribution in [0.3, 0.4) is 0 Å². The Kier molecular flexibility index (Phi) is 4.91. The smallest absolute Gasteiger partial charge is 0.254 e. The fraction of sp³-hybridized carbons (Fsp3) is 0.550. The maximum Gasteiger partial charge on any atom is 0.254 e. The lowest BCUT2D eigenvalue weighted by Gasteiger charge is -2.33. The summed E-state index contributed by atoms with van der Waals surface area (Å²) in [5, 5.41) is 7.22. The molecule has 2 aliphatic rings. The minimum absolute atomic E-state index is 0.138. The monoisotopic (exact) mass is 353 g/mol. The van der Waals surface area contributed by atoms with Gasteiger partial charge in [0.15, 0.2) is 0 Å². The molecule has 4 heterocycles. The Hall–Kier alpha value is -2.37. The predicted molar refractivity (Wildman–Crippen MR) is 101 cm³/mol. The van der Waals surface area contributed by atoms with Crippen LogP contribution < -0.4 is 4.90 Å². The van der Waals surface area contributed by atoms with Gasteiger partial charge in [-0.15, -0.1) is 0 Å². The molecule has 1 N–H and O–H groups in total. The van der Waals surface area contributed by atoms with Crippen LogP contribution in [0.2, 0.25) is 0 Å². The SMILES string of the molecule is Cc1cn[nH]c1CC1CCCN(C(=O)c2ccnc(N3CCCC3)c2)C1. The lowest BCUT2D eigenvalue weighted by molar-refractivity contribution is 0.0672. The molecule has 2 aliphatic heterocycles. The third kappa shape index (κ3) is 3.59. The molecular weight excluding hydrogens is 326 g/mol. The number of aromatic nitrogens is 3. The number of amides is 1. The molecule has 2 aromatic heterocycles. The van der Waals surface area contributed by atoms with E-state index in [9.17, 15) is 4.79 Å². The molecule has 138 valence electrons. The first-order valence-corrected chi connectivity index (χ1v) is 9.70. The van der Waals surface area contributed by atoms with Gasteiger partial charge in [0.1, 0.15) is 5.82 Å². The number of carbonyl (C=O) groups is 1. The van der Waals surface area contributed by atoms with E-state index in [-0.39, 0.29) is 5.91 Å². The minimum atomic E-state index is 0.138. The van der Waals surface area contributed by atoms with E-state index in [1.165, 1.54) is 24.1 Å². The van der Waals surface area contributed by atoms with E-state index < -0.39 is 0 Å². The molecular formula is C20H27N5O. The molecule has 2 aromatic rings. The van der Waals surface area contributed by atoms with Gasteiger partial charge in [0, 0.05) is 43.6 Å². The number of hydrogen-bond acceptors (Lipinski definition) is 4. The molecule has 26 heavy (non-hydrogen) atoms. The van der Waals surface area contributed by atoms with Crippen molar-refractivity contribution in [1.29, 1.82) is 0 Å². The highest BCUT2D eigenvalue weighted by atomic mass is 16.2. The molecule has 0 aliphatic carbocycles. The maximum atomic E-state index is 13.0. The fourth-order valence-electron chi connectivity index (χ4n) is 4.14. The molecule has 0 spiro atoms. The molecule has 0 bridgehead atoms. The predicted octanol–water partition coefficient (Wildman–Crippen LogP) is 2.81. The first kappa shape index (κ1) is 17.1. The van der Waals surface area contributed by atoms with Gasteiger partial charge >= 0.3 is 0 Å². The van der Waals surface area contributed by atoms with Crippen LogP contribution in [0.15, 0.2) is 24.5 Å². The van der Waals surface area contributed by atoms with E-state index >= 15 is 0 Å². The summed E-state index contributed by atoms with van der Waals surface area (Å²) in [6.45, 7) is 5.83. The molecule has 6 nitrogen and oxygen atoms in total. The molecule has 2 fully saturated rings. The molecule has 0 saturated carbocycles. The largest absolute Gasteiger partial charge is 0.357 e. The van der Waals surface area contributed by atoms with Gasteiger partial charge in [-0.2, -0.15) is 5.10 Å². The van der Waals surface area contributed by atoms with E-state index in [1.807, 2.05) is 23.2 Å². The van der Waals surface area contributed by atoms with Crippen molar-refractivity contribution < 1.29 is 4.79 Å². The Morgan fingerprint density at radius 2 is 2.12 bits per heavy atom. The Morgan fingerprint density at radius 3 is 2.88 bits per heavy atom. The van der Waals surface area contributed by atoms with Gasteiger partial charge in [0.05, 0.1) is 6.20 Å². The Labute approximate surface area is 154 Å². The van der Waals surface area contributed by atoms with Crippen LogP contribution in [0.1, 0.15) is 47.3 Å². The van der Waals surface area contributed by atoms with Gasteiger partial charge in [-0.05, 0) is 62.6 Å². The first-order chi connectivity index (χ1) is 12.7. The highest BCUT2D eigenvalue weighted by molar-refractivity contribution is 5.95. The number of nitrogens with one attached hydrogen (secondary N) is 1. The van der Waals surface area contributed by atoms with Crippen LogP contribution in [0.4, 0.5) is 5.82 Å². The highest BCUT2D eigenvalue weighted by Gasteiger charge is 2.26. The minimum Gasteiger partial charge on any atom is -0.357 e. The number of H-pyrrole nitrogens is 1. The second kappa shape index (κ2) is 7.48. The summed E-state index contributed by atoms with van der Waals surface area (Å²) in [4.78, 5) is 21.8. The molecule has 0 radical (unpaired) electrons. The summed E-state index contributed by atoms with van der Waals surface area (Å²) in [5.74, 6) is 1.57. The number of aryl methyl sites for hydroxylation is 1. The average molecular weight is 353 g/mol. The number of aromatic amines is 1. The van der Waals surface area contributed by atoms with E-state index in [4.69, 9.17) is 0 Å². The van der Waals surface area contributed by atoms with Crippen LogP contribution >= 0.6 is 0 Å². The third-order valence-electron chi connectivity index (χ3n) is 5.66. The van der Waals surface area contributed by atoms with Crippen LogP contribution in [-0.4, -0.2) is 52.2 Å². The second-order valence-electron chi connectivity index (χ2n) is 7.59. The van der Waals surface area contributed by atoms with Gasteiger partial charge in [0.2, 0.25) is 0 Å². The number of carbonyl (C=O) groups excluding carboxylic acids is 1. The van der Waals surface area contributed by atoms with Crippen molar-refractivity contribution in [2.75, 3.05) is 31.1 Å². The number of likely N-dealkylation sites (tertiary alicyclic amines) is 1.